The molecule has 0 bridgehead atoms. The summed E-state index contributed by atoms with van der Waals surface area (Å²) in [6.07, 6.45) is 1.26. The summed E-state index contributed by atoms with van der Waals surface area (Å²) < 4.78 is 27.8. The first-order valence-corrected chi connectivity index (χ1v) is 11.3. The van der Waals surface area contributed by atoms with Crippen LogP contribution in [0.4, 0.5) is 0 Å². The molecule has 2 N–H and O–H groups in total. The molecular formula is C21H30N3O3S+. The van der Waals surface area contributed by atoms with Gasteiger partial charge in [0, 0.05) is 19.0 Å². The predicted octanol–water partition coefficient (Wildman–Crippen LogP) is 0.890. The molecule has 28 heavy (non-hydrogen) atoms. The van der Waals surface area contributed by atoms with E-state index in [1.807, 2.05) is 30.3 Å². The van der Waals surface area contributed by atoms with Gasteiger partial charge in [0.1, 0.15) is 6.04 Å². The van der Waals surface area contributed by atoms with Crippen molar-refractivity contribution in [2.24, 2.45) is 5.92 Å². The van der Waals surface area contributed by atoms with Crippen LogP contribution in [0.25, 0.3) is 10.8 Å². The summed E-state index contributed by atoms with van der Waals surface area (Å²) in [7, 11) is 0.440. The van der Waals surface area contributed by atoms with E-state index in [0.717, 1.165) is 17.3 Å². The Bertz CT molecular complexity index is 943. The lowest BCUT2D eigenvalue weighted by Crippen LogP contribution is -3.06. The van der Waals surface area contributed by atoms with Crippen molar-refractivity contribution in [3.05, 3.63) is 42.5 Å². The van der Waals surface area contributed by atoms with Gasteiger partial charge in [-0.05, 0) is 35.7 Å². The molecule has 0 aromatic heterocycles. The molecule has 0 unspecified atom stereocenters. The summed E-state index contributed by atoms with van der Waals surface area (Å²) >= 11 is 0. The number of carbonyl (C=O) groups is 1. The molecule has 6 nitrogen and oxygen atoms in total. The van der Waals surface area contributed by atoms with Gasteiger partial charge >= 0.3 is 0 Å². The van der Waals surface area contributed by atoms with Crippen LogP contribution in [0, 0.1) is 5.92 Å². The van der Waals surface area contributed by atoms with Crippen LogP contribution < -0.4 is 10.2 Å². The molecule has 2 atom stereocenters. The van der Waals surface area contributed by atoms with Crippen molar-refractivity contribution >= 4 is 26.7 Å². The minimum absolute atomic E-state index is 0.192. The third-order valence-corrected chi connectivity index (χ3v) is 7.12. The van der Waals surface area contributed by atoms with Crippen molar-refractivity contribution in [1.29, 1.82) is 0 Å². The minimum Gasteiger partial charge on any atom is -0.354 e. The van der Waals surface area contributed by atoms with E-state index in [0.29, 0.717) is 31.8 Å². The highest BCUT2D eigenvalue weighted by molar-refractivity contribution is 7.89. The van der Waals surface area contributed by atoms with Crippen LogP contribution in [0.5, 0.6) is 0 Å². The van der Waals surface area contributed by atoms with E-state index in [1.54, 1.807) is 12.1 Å². The summed E-state index contributed by atoms with van der Waals surface area (Å²) in [6, 6.07) is 12.2. The number of carbonyl (C=O) groups excluding carboxylic acids is 1. The first-order valence-electron chi connectivity index (χ1n) is 9.86. The second-order valence-corrected chi connectivity index (χ2v) is 9.93. The Labute approximate surface area is 167 Å². The predicted molar refractivity (Wildman–Crippen MR) is 111 cm³/mol. The fraction of sp³-hybridized carbons (Fsp3) is 0.476. The normalized spacial score (nSPS) is 19.2. The minimum atomic E-state index is -3.71. The fourth-order valence-corrected chi connectivity index (χ4v) is 5.61. The highest BCUT2D eigenvalue weighted by Crippen LogP contribution is 2.28. The van der Waals surface area contributed by atoms with Gasteiger partial charge in [0.15, 0.2) is 0 Å². The van der Waals surface area contributed by atoms with Crippen LogP contribution >= 0.6 is 0 Å². The maximum Gasteiger partial charge on any atom is 0.243 e. The van der Waals surface area contributed by atoms with Gasteiger partial charge in [-0.2, -0.15) is 4.31 Å². The number of rotatable bonds is 7. The van der Waals surface area contributed by atoms with Crippen LogP contribution in [-0.4, -0.2) is 58.4 Å². The molecule has 7 heteroatoms. The topological polar surface area (TPSA) is 70.9 Å². The van der Waals surface area contributed by atoms with Crippen molar-refractivity contribution < 1.29 is 18.1 Å². The molecule has 152 valence electrons. The van der Waals surface area contributed by atoms with Crippen LogP contribution in [0.2, 0.25) is 0 Å². The van der Waals surface area contributed by atoms with Crippen LogP contribution in [0.1, 0.15) is 19.8 Å². The zero-order chi connectivity index (χ0) is 20.3. The highest BCUT2D eigenvalue weighted by Gasteiger charge is 2.39. The quantitative estimate of drug-likeness (QED) is 0.720. The van der Waals surface area contributed by atoms with Gasteiger partial charge in [-0.15, -0.1) is 0 Å². The standard InChI is InChI=1S/C21H29N3O3S/c1-16(15-23(2)3)14-22-21(25)20-9-6-12-24(20)28(26,27)19-11-10-17-7-4-5-8-18(17)13-19/h4-5,7-8,10-11,13,16,20H,6,9,12,14-15H2,1-3H3,(H,22,25)/p+1/t16-,20+/m0/s1. The van der Waals surface area contributed by atoms with Crippen LogP contribution in [0.3, 0.4) is 0 Å². The molecule has 0 saturated carbocycles. The maximum atomic E-state index is 13.2. The summed E-state index contributed by atoms with van der Waals surface area (Å²) in [5.41, 5.74) is 0. The third kappa shape index (κ3) is 4.54. The van der Waals surface area contributed by atoms with Gasteiger partial charge in [-0.1, -0.05) is 37.3 Å². The van der Waals surface area contributed by atoms with Gasteiger partial charge < -0.3 is 10.2 Å². The second kappa shape index (κ2) is 8.59. The van der Waals surface area contributed by atoms with Gasteiger partial charge in [-0.3, -0.25) is 4.79 Å². The maximum absolute atomic E-state index is 13.2. The lowest BCUT2D eigenvalue weighted by molar-refractivity contribution is -0.861. The molecule has 0 spiro atoms. The van der Waals surface area contributed by atoms with Gasteiger partial charge in [0.2, 0.25) is 15.9 Å². The van der Waals surface area contributed by atoms with Gasteiger partial charge in [0.25, 0.3) is 0 Å². The number of hydrogen-bond acceptors (Lipinski definition) is 3. The molecule has 0 radical (unpaired) electrons. The lowest BCUT2D eigenvalue weighted by atomic mass is 10.1. The van der Waals surface area contributed by atoms with Crippen molar-refractivity contribution in [2.75, 3.05) is 33.7 Å². The first-order chi connectivity index (χ1) is 13.3. The zero-order valence-corrected chi connectivity index (χ0v) is 17.6. The first kappa shape index (κ1) is 20.8. The van der Waals surface area contributed by atoms with Crippen molar-refractivity contribution in [1.82, 2.24) is 9.62 Å². The molecule has 2 aromatic rings. The molecule has 1 aliphatic heterocycles. The Morgan fingerprint density at radius 1 is 1.21 bits per heavy atom. The Kier molecular flexibility index (Phi) is 6.37. The molecule has 1 aliphatic rings. The Hall–Kier alpha value is -1.96. The third-order valence-electron chi connectivity index (χ3n) is 5.22. The largest absolute Gasteiger partial charge is 0.354 e. The van der Waals surface area contributed by atoms with E-state index in [9.17, 15) is 13.2 Å². The average Bonchev–Trinajstić information content (AvgIpc) is 3.16. The Balaban J connectivity index is 1.75. The SMILES string of the molecule is C[C@@H](CNC(=O)[C@H]1CCCN1S(=O)(=O)c1ccc2ccccc2c1)C[NH+](C)C. The second-order valence-electron chi connectivity index (χ2n) is 8.04. The van der Waals surface area contributed by atoms with E-state index < -0.39 is 16.1 Å². The van der Waals surface area contributed by atoms with E-state index >= 15 is 0 Å². The Morgan fingerprint density at radius 3 is 2.64 bits per heavy atom. The summed E-state index contributed by atoms with van der Waals surface area (Å²) in [6.45, 7) is 3.98. The number of nitrogens with zero attached hydrogens (tertiary/aromatic N) is 1. The average molecular weight is 405 g/mol. The molecule has 1 heterocycles. The summed E-state index contributed by atoms with van der Waals surface area (Å²) in [4.78, 5) is 14.3. The number of sulfonamides is 1. The Morgan fingerprint density at radius 2 is 1.93 bits per heavy atom. The number of hydrogen-bond donors (Lipinski definition) is 2. The number of amides is 1. The van der Waals surface area contributed by atoms with E-state index in [1.165, 1.54) is 9.21 Å². The molecule has 1 amide bonds. The number of quaternary nitrogens is 1. The van der Waals surface area contributed by atoms with Crippen molar-refractivity contribution in [2.45, 2.75) is 30.7 Å². The lowest BCUT2D eigenvalue weighted by Gasteiger charge is -2.24. The molecule has 1 fully saturated rings. The van der Waals surface area contributed by atoms with E-state index in [4.69, 9.17) is 0 Å². The molecule has 0 aliphatic carbocycles. The fourth-order valence-electron chi connectivity index (χ4n) is 3.91. The smallest absolute Gasteiger partial charge is 0.243 e. The van der Waals surface area contributed by atoms with Gasteiger partial charge in [0.05, 0.1) is 25.5 Å². The number of nitrogens with one attached hydrogen (secondary N) is 2. The monoisotopic (exact) mass is 404 g/mol. The van der Waals surface area contributed by atoms with Gasteiger partial charge in [-0.25, -0.2) is 8.42 Å². The van der Waals surface area contributed by atoms with Crippen LogP contribution in [-0.2, 0) is 14.8 Å². The van der Waals surface area contributed by atoms with E-state index in [-0.39, 0.29) is 10.8 Å². The summed E-state index contributed by atoms with van der Waals surface area (Å²) in [5, 5.41) is 4.83. The zero-order valence-electron chi connectivity index (χ0n) is 16.8. The van der Waals surface area contributed by atoms with Crippen molar-refractivity contribution in [3.8, 4) is 0 Å². The molecule has 2 aromatic carbocycles. The molecular weight excluding hydrogens is 374 g/mol. The molecule has 1 saturated heterocycles. The number of benzene rings is 2. The highest BCUT2D eigenvalue weighted by atomic mass is 32.2. The van der Waals surface area contributed by atoms with Crippen molar-refractivity contribution in [3.63, 3.8) is 0 Å². The molecule has 3 rings (SSSR count). The summed E-state index contributed by atoms with van der Waals surface area (Å²) in [5.74, 6) is 0.142. The number of fused-ring (bicyclic) bond motifs is 1. The van der Waals surface area contributed by atoms with Crippen LogP contribution in [0.15, 0.2) is 47.4 Å². The van der Waals surface area contributed by atoms with E-state index in [2.05, 4.69) is 26.3 Å².